The summed E-state index contributed by atoms with van der Waals surface area (Å²) in [6.07, 6.45) is 1.90. The van der Waals surface area contributed by atoms with Gasteiger partial charge in [-0.3, -0.25) is 4.79 Å². The van der Waals surface area contributed by atoms with Crippen LogP contribution in [0.25, 0.3) is 10.8 Å². The van der Waals surface area contributed by atoms with Crippen molar-refractivity contribution in [3.05, 3.63) is 82.9 Å². The van der Waals surface area contributed by atoms with Crippen molar-refractivity contribution >= 4 is 16.7 Å². The molecule has 0 unspecified atom stereocenters. The highest BCUT2D eigenvalue weighted by atomic mass is 16.1. The Balaban J connectivity index is 1.59. The first-order chi connectivity index (χ1) is 11.6. The lowest BCUT2D eigenvalue weighted by Crippen LogP contribution is -2.25. The van der Waals surface area contributed by atoms with Crippen LogP contribution < -0.4 is 5.32 Å². The number of hydrogen-bond acceptors (Lipinski definition) is 1. The second-order valence-electron chi connectivity index (χ2n) is 6.32. The zero-order chi connectivity index (χ0) is 16.9. The summed E-state index contributed by atoms with van der Waals surface area (Å²) in [7, 11) is 0. The lowest BCUT2D eigenvalue weighted by atomic mass is 10.0. The molecule has 3 rings (SSSR count). The van der Waals surface area contributed by atoms with Crippen LogP contribution in [-0.4, -0.2) is 12.5 Å². The minimum Gasteiger partial charge on any atom is -0.352 e. The molecule has 0 saturated heterocycles. The van der Waals surface area contributed by atoms with Gasteiger partial charge in [-0.2, -0.15) is 0 Å². The van der Waals surface area contributed by atoms with E-state index in [1.165, 1.54) is 16.3 Å². The molecular formula is C22H23NO. The summed E-state index contributed by atoms with van der Waals surface area (Å²) < 4.78 is 0. The van der Waals surface area contributed by atoms with E-state index in [-0.39, 0.29) is 5.91 Å². The normalized spacial score (nSPS) is 10.8. The fourth-order valence-electron chi connectivity index (χ4n) is 3.07. The Morgan fingerprint density at radius 3 is 2.62 bits per heavy atom. The van der Waals surface area contributed by atoms with E-state index in [1.807, 2.05) is 32.0 Å². The highest BCUT2D eigenvalue weighted by Gasteiger charge is 2.08. The molecule has 122 valence electrons. The van der Waals surface area contributed by atoms with Crippen molar-refractivity contribution in [1.29, 1.82) is 0 Å². The summed E-state index contributed by atoms with van der Waals surface area (Å²) in [4.78, 5) is 12.3. The summed E-state index contributed by atoms with van der Waals surface area (Å²) >= 11 is 0. The maximum Gasteiger partial charge on any atom is 0.251 e. The van der Waals surface area contributed by atoms with Gasteiger partial charge in [-0.25, -0.2) is 0 Å². The number of carbonyl (C=O) groups is 1. The lowest BCUT2D eigenvalue weighted by molar-refractivity contribution is 0.0952. The maximum atomic E-state index is 12.3. The lowest BCUT2D eigenvalue weighted by Gasteiger charge is -2.10. The Hall–Kier alpha value is -2.61. The van der Waals surface area contributed by atoms with E-state index in [1.54, 1.807) is 0 Å². The number of benzene rings is 3. The second kappa shape index (κ2) is 7.31. The number of aryl methyl sites for hydroxylation is 3. The first-order valence-electron chi connectivity index (χ1n) is 8.47. The molecule has 0 aliphatic rings. The van der Waals surface area contributed by atoms with Crippen LogP contribution in [0.2, 0.25) is 0 Å². The average molecular weight is 317 g/mol. The van der Waals surface area contributed by atoms with E-state index in [4.69, 9.17) is 0 Å². The molecule has 0 heterocycles. The summed E-state index contributed by atoms with van der Waals surface area (Å²) in [5.41, 5.74) is 4.25. The standard InChI is InChI=1S/C22H23NO/c1-16-12-13-17(2)21(15-16)22(24)23-14-6-10-19-9-5-8-18-7-3-4-11-20(18)19/h3-5,7-9,11-13,15H,6,10,14H2,1-2H3,(H,23,24). The van der Waals surface area contributed by atoms with Gasteiger partial charge >= 0.3 is 0 Å². The van der Waals surface area contributed by atoms with Crippen LogP contribution in [0, 0.1) is 13.8 Å². The van der Waals surface area contributed by atoms with E-state index < -0.39 is 0 Å². The topological polar surface area (TPSA) is 29.1 Å². The quantitative estimate of drug-likeness (QED) is 0.672. The molecule has 0 atom stereocenters. The fraction of sp³-hybridized carbons (Fsp3) is 0.227. The van der Waals surface area contributed by atoms with Crippen LogP contribution in [0.15, 0.2) is 60.7 Å². The molecule has 0 bridgehead atoms. The van der Waals surface area contributed by atoms with Crippen molar-refractivity contribution in [3.63, 3.8) is 0 Å². The molecule has 3 aromatic carbocycles. The van der Waals surface area contributed by atoms with Gasteiger partial charge < -0.3 is 5.32 Å². The first kappa shape index (κ1) is 16.3. The average Bonchev–Trinajstić information content (AvgIpc) is 2.60. The van der Waals surface area contributed by atoms with Crippen molar-refractivity contribution in [2.45, 2.75) is 26.7 Å². The predicted molar refractivity (Wildman–Crippen MR) is 101 cm³/mol. The van der Waals surface area contributed by atoms with E-state index in [2.05, 4.69) is 47.8 Å². The number of amides is 1. The molecule has 1 N–H and O–H groups in total. The van der Waals surface area contributed by atoms with Gasteiger partial charge in [0.1, 0.15) is 0 Å². The molecule has 0 aromatic heterocycles. The van der Waals surface area contributed by atoms with Crippen LogP contribution >= 0.6 is 0 Å². The third-order valence-electron chi connectivity index (χ3n) is 4.43. The van der Waals surface area contributed by atoms with Crippen molar-refractivity contribution < 1.29 is 4.79 Å². The van der Waals surface area contributed by atoms with Crippen LogP contribution in [0.5, 0.6) is 0 Å². The first-order valence-corrected chi connectivity index (χ1v) is 8.47. The van der Waals surface area contributed by atoms with Crippen molar-refractivity contribution in [1.82, 2.24) is 5.32 Å². The molecule has 3 aromatic rings. The van der Waals surface area contributed by atoms with E-state index in [9.17, 15) is 4.79 Å². The Kier molecular flexibility index (Phi) is 4.95. The minimum atomic E-state index is 0.0223. The van der Waals surface area contributed by atoms with Gasteiger partial charge in [-0.1, -0.05) is 60.2 Å². The molecule has 0 saturated carbocycles. The van der Waals surface area contributed by atoms with Crippen LogP contribution in [0.3, 0.4) is 0 Å². The van der Waals surface area contributed by atoms with Gasteiger partial charge in [0.05, 0.1) is 0 Å². The zero-order valence-electron chi connectivity index (χ0n) is 14.3. The monoisotopic (exact) mass is 317 g/mol. The Labute approximate surface area is 143 Å². The van der Waals surface area contributed by atoms with Gasteiger partial charge in [-0.15, -0.1) is 0 Å². The summed E-state index contributed by atoms with van der Waals surface area (Å²) in [5, 5.41) is 5.63. The van der Waals surface area contributed by atoms with Gasteiger partial charge in [0.2, 0.25) is 0 Å². The maximum absolute atomic E-state index is 12.3. The number of carbonyl (C=O) groups excluding carboxylic acids is 1. The number of hydrogen-bond donors (Lipinski definition) is 1. The number of nitrogens with one attached hydrogen (secondary N) is 1. The molecule has 0 aliphatic heterocycles. The summed E-state index contributed by atoms with van der Waals surface area (Å²) in [6.45, 7) is 4.68. The van der Waals surface area contributed by atoms with Crippen LogP contribution in [0.1, 0.15) is 33.5 Å². The third kappa shape index (κ3) is 3.65. The Bertz CT molecular complexity index is 861. The van der Waals surface area contributed by atoms with Gasteiger partial charge in [0.15, 0.2) is 0 Å². The number of rotatable bonds is 5. The molecule has 0 aliphatic carbocycles. The van der Waals surface area contributed by atoms with Gasteiger partial charge in [0, 0.05) is 12.1 Å². The highest BCUT2D eigenvalue weighted by molar-refractivity contribution is 5.95. The van der Waals surface area contributed by atoms with Gasteiger partial charge in [-0.05, 0) is 54.7 Å². The predicted octanol–water partition coefficient (Wildman–Crippen LogP) is 4.82. The second-order valence-corrected chi connectivity index (χ2v) is 6.32. The van der Waals surface area contributed by atoms with Crippen molar-refractivity contribution in [2.24, 2.45) is 0 Å². The molecule has 0 fully saturated rings. The molecule has 2 heteroatoms. The Morgan fingerprint density at radius 2 is 1.75 bits per heavy atom. The van der Waals surface area contributed by atoms with Crippen molar-refractivity contribution in [3.8, 4) is 0 Å². The Morgan fingerprint density at radius 1 is 0.958 bits per heavy atom. The SMILES string of the molecule is Cc1ccc(C)c(C(=O)NCCCc2cccc3ccccc23)c1. The van der Waals surface area contributed by atoms with E-state index in [0.29, 0.717) is 6.54 Å². The highest BCUT2D eigenvalue weighted by Crippen LogP contribution is 2.19. The summed E-state index contributed by atoms with van der Waals surface area (Å²) in [6, 6.07) is 20.9. The van der Waals surface area contributed by atoms with E-state index in [0.717, 1.165) is 29.5 Å². The number of fused-ring (bicyclic) bond motifs is 1. The van der Waals surface area contributed by atoms with E-state index >= 15 is 0 Å². The minimum absolute atomic E-state index is 0.0223. The molecule has 0 spiro atoms. The van der Waals surface area contributed by atoms with Crippen LogP contribution in [-0.2, 0) is 6.42 Å². The summed E-state index contributed by atoms with van der Waals surface area (Å²) in [5.74, 6) is 0.0223. The van der Waals surface area contributed by atoms with Gasteiger partial charge in [0.25, 0.3) is 5.91 Å². The smallest absolute Gasteiger partial charge is 0.251 e. The third-order valence-corrected chi connectivity index (χ3v) is 4.43. The zero-order valence-corrected chi connectivity index (χ0v) is 14.3. The van der Waals surface area contributed by atoms with Crippen LogP contribution in [0.4, 0.5) is 0 Å². The molecule has 24 heavy (non-hydrogen) atoms. The molecular weight excluding hydrogens is 294 g/mol. The molecule has 0 radical (unpaired) electrons. The fourth-order valence-corrected chi connectivity index (χ4v) is 3.07. The largest absolute Gasteiger partial charge is 0.352 e. The molecule has 2 nitrogen and oxygen atoms in total. The van der Waals surface area contributed by atoms with Crippen molar-refractivity contribution in [2.75, 3.05) is 6.54 Å². The molecule has 1 amide bonds.